The topological polar surface area (TPSA) is 106 Å². The van der Waals surface area contributed by atoms with Gasteiger partial charge < -0.3 is 19.1 Å². The fourth-order valence-corrected chi connectivity index (χ4v) is 4.73. The third-order valence-corrected chi connectivity index (χ3v) is 6.61. The number of anilines is 1. The van der Waals surface area contributed by atoms with Crippen molar-refractivity contribution in [2.75, 3.05) is 44.3 Å². The number of hydrogen-bond donors (Lipinski definition) is 0. The molecule has 3 aliphatic heterocycles. The summed E-state index contributed by atoms with van der Waals surface area (Å²) in [7, 11) is 0. The predicted octanol–water partition coefficient (Wildman–Crippen LogP) is 1.48. The number of imide groups is 1. The molecule has 0 bridgehead atoms. The molecule has 3 heterocycles. The normalized spacial score (nSPS) is 22.0. The molecule has 36 heavy (non-hydrogen) atoms. The number of piperazine rings is 1. The van der Waals surface area contributed by atoms with E-state index in [1.165, 1.54) is 4.90 Å². The van der Waals surface area contributed by atoms with Gasteiger partial charge in [-0.15, -0.1) is 0 Å². The molecule has 3 amide bonds. The van der Waals surface area contributed by atoms with Crippen LogP contribution in [0, 0.1) is 0 Å². The number of carbonyl (C=O) groups excluding carboxylic acids is 4. The lowest BCUT2D eigenvalue weighted by atomic mass is 10.1. The average molecular weight is 494 g/mol. The van der Waals surface area contributed by atoms with Crippen LogP contribution >= 0.6 is 0 Å². The number of benzene rings is 2. The number of fused-ring (bicyclic) bond motifs is 1. The molecule has 0 saturated carbocycles. The van der Waals surface area contributed by atoms with Gasteiger partial charge in [-0.1, -0.05) is 12.1 Å². The van der Waals surface area contributed by atoms with Crippen molar-refractivity contribution in [3.05, 3.63) is 54.1 Å². The molecule has 10 nitrogen and oxygen atoms in total. The highest BCUT2D eigenvalue weighted by Crippen LogP contribution is 2.32. The standard InChI is InChI=1S/C26H27N3O7/c1-2-34-26(33)17-7-9-18(10-8-17)29-23(30)15-19(24(29)31)27-11-13-28(14-12-27)25(32)22-16-35-20-5-3-4-6-21(20)36-22/h3-10,19,22H,2,11-16H2,1H3. The molecule has 3 aliphatic rings. The molecule has 0 aliphatic carbocycles. The van der Waals surface area contributed by atoms with Crippen molar-refractivity contribution in [1.82, 2.24) is 9.80 Å². The Hall–Kier alpha value is -3.92. The summed E-state index contributed by atoms with van der Waals surface area (Å²) in [5.74, 6) is -0.0331. The van der Waals surface area contributed by atoms with Gasteiger partial charge in [0.15, 0.2) is 11.5 Å². The second kappa shape index (κ2) is 9.98. The Morgan fingerprint density at radius 3 is 2.36 bits per heavy atom. The summed E-state index contributed by atoms with van der Waals surface area (Å²) < 4.78 is 16.5. The van der Waals surface area contributed by atoms with Gasteiger partial charge in [-0.05, 0) is 43.3 Å². The van der Waals surface area contributed by atoms with E-state index in [-0.39, 0.29) is 37.4 Å². The number of ether oxygens (including phenoxy) is 3. The number of hydrogen-bond acceptors (Lipinski definition) is 8. The molecule has 2 aromatic rings. The number of nitrogens with zero attached hydrogens (tertiary/aromatic N) is 3. The summed E-state index contributed by atoms with van der Waals surface area (Å²) in [6.45, 7) is 3.92. The molecular weight excluding hydrogens is 466 g/mol. The van der Waals surface area contributed by atoms with E-state index in [2.05, 4.69) is 0 Å². The predicted molar refractivity (Wildman–Crippen MR) is 128 cm³/mol. The maximum atomic E-state index is 13.2. The molecule has 2 aromatic carbocycles. The summed E-state index contributed by atoms with van der Waals surface area (Å²) in [6, 6.07) is 12.9. The number of carbonyl (C=O) groups is 4. The molecule has 2 saturated heterocycles. The first kappa shape index (κ1) is 23.8. The summed E-state index contributed by atoms with van der Waals surface area (Å²) in [4.78, 5) is 55.6. The fourth-order valence-electron chi connectivity index (χ4n) is 4.73. The second-order valence-electron chi connectivity index (χ2n) is 8.78. The second-order valence-corrected chi connectivity index (χ2v) is 8.78. The number of esters is 1. The summed E-state index contributed by atoms with van der Waals surface area (Å²) in [6.07, 6.45) is -0.642. The van der Waals surface area contributed by atoms with Crippen molar-refractivity contribution in [3.8, 4) is 11.5 Å². The van der Waals surface area contributed by atoms with Crippen molar-refractivity contribution in [2.45, 2.75) is 25.5 Å². The number of rotatable bonds is 5. The number of amides is 3. The quantitative estimate of drug-likeness (QED) is 0.456. The fraction of sp³-hybridized carbons (Fsp3) is 0.385. The minimum atomic E-state index is -0.714. The first-order valence-corrected chi connectivity index (χ1v) is 12.0. The van der Waals surface area contributed by atoms with E-state index in [1.807, 2.05) is 17.0 Å². The number of para-hydroxylation sites is 2. The molecule has 0 N–H and O–H groups in total. The third-order valence-electron chi connectivity index (χ3n) is 6.61. The van der Waals surface area contributed by atoms with Gasteiger partial charge in [0.25, 0.3) is 11.8 Å². The van der Waals surface area contributed by atoms with Crippen LogP contribution in [0.4, 0.5) is 5.69 Å². The van der Waals surface area contributed by atoms with Gasteiger partial charge in [0.1, 0.15) is 6.61 Å². The van der Waals surface area contributed by atoms with E-state index in [1.54, 1.807) is 48.2 Å². The molecule has 0 radical (unpaired) electrons. The van der Waals surface area contributed by atoms with Gasteiger partial charge >= 0.3 is 5.97 Å². The summed E-state index contributed by atoms with van der Waals surface area (Å²) in [5, 5.41) is 0. The van der Waals surface area contributed by atoms with Crippen LogP contribution in [-0.2, 0) is 19.1 Å². The Morgan fingerprint density at radius 2 is 1.67 bits per heavy atom. The lowest BCUT2D eigenvalue weighted by molar-refractivity contribution is -0.143. The van der Waals surface area contributed by atoms with Crippen LogP contribution in [0.2, 0.25) is 0 Å². The summed E-state index contributed by atoms with van der Waals surface area (Å²) >= 11 is 0. The van der Waals surface area contributed by atoms with Gasteiger partial charge in [0.2, 0.25) is 12.0 Å². The highest BCUT2D eigenvalue weighted by Gasteiger charge is 2.44. The summed E-state index contributed by atoms with van der Waals surface area (Å²) in [5.41, 5.74) is 0.775. The van der Waals surface area contributed by atoms with Crippen LogP contribution in [0.5, 0.6) is 11.5 Å². The van der Waals surface area contributed by atoms with Crippen LogP contribution < -0.4 is 14.4 Å². The highest BCUT2D eigenvalue weighted by molar-refractivity contribution is 6.22. The Kier molecular flexibility index (Phi) is 6.60. The van der Waals surface area contributed by atoms with Crippen molar-refractivity contribution in [1.29, 1.82) is 0 Å². The van der Waals surface area contributed by atoms with E-state index in [0.717, 1.165) is 0 Å². The van der Waals surface area contributed by atoms with Crippen molar-refractivity contribution in [3.63, 3.8) is 0 Å². The highest BCUT2D eigenvalue weighted by atomic mass is 16.6. The van der Waals surface area contributed by atoms with Gasteiger partial charge in [-0.3, -0.25) is 19.3 Å². The first-order chi connectivity index (χ1) is 17.5. The van der Waals surface area contributed by atoms with Crippen molar-refractivity contribution in [2.24, 2.45) is 0 Å². The molecule has 188 valence electrons. The van der Waals surface area contributed by atoms with E-state index in [0.29, 0.717) is 48.9 Å². The molecule has 10 heteroatoms. The zero-order valence-electron chi connectivity index (χ0n) is 19.9. The van der Waals surface area contributed by atoms with Gasteiger partial charge in [0, 0.05) is 26.2 Å². The monoisotopic (exact) mass is 493 g/mol. The maximum absolute atomic E-state index is 13.2. The molecule has 5 rings (SSSR count). The molecule has 2 unspecified atom stereocenters. The Balaban J connectivity index is 1.18. The maximum Gasteiger partial charge on any atom is 0.338 e. The van der Waals surface area contributed by atoms with E-state index in [9.17, 15) is 19.2 Å². The first-order valence-electron chi connectivity index (χ1n) is 12.0. The minimum absolute atomic E-state index is 0.0722. The Bertz CT molecular complexity index is 1170. The zero-order valence-corrected chi connectivity index (χ0v) is 19.9. The van der Waals surface area contributed by atoms with Crippen molar-refractivity contribution >= 4 is 29.4 Å². The largest absolute Gasteiger partial charge is 0.485 e. The zero-order chi connectivity index (χ0) is 25.2. The van der Waals surface area contributed by atoms with Gasteiger partial charge in [-0.2, -0.15) is 0 Å². The smallest absolute Gasteiger partial charge is 0.338 e. The Morgan fingerprint density at radius 1 is 0.972 bits per heavy atom. The SMILES string of the molecule is CCOC(=O)c1ccc(N2C(=O)CC(N3CCN(C(=O)C4COc5ccccc5O4)CC3)C2=O)cc1. The van der Waals surface area contributed by atoms with Crippen LogP contribution in [0.3, 0.4) is 0 Å². The molecule has 0 spiro atoms. The van der Waals surface area contributed by atoms with E-state index in [4.69, 9.17) is 14.2 Å². The molecule has 2 fully saturated rings. The van der Waals surface area contributed by atoms with Gasteiger partial charge in [-0.25, -0.2) is 9.69 Å². The van der Waals surface area contributed by atoms with Crippen LogP contribution in [0.15, 0.2) is 48.5 Å². The van der Waals surface area contributed by atoms with Crippen molar-refractivity contribution < 1.29 is 33.4 Å². The van der Waals surface area contributed by atoms with Crippen LogP contribution in [-0.4, -0.2) is 85.0 Å². The lowest BCUT2D eigenvalue weighted by Gasteiger charge is -2.38. The van der Waals surface area contributed by atoms with Crippen LogP contribution in [0.1, 0.15) is 23.7 Å². The molecule has 2 atom stereocenters. The third kappa shape index (κ3) is 4.51. The molecule has 0 aromatic heterocycles. The van der Waals surface area contributed by atoms with Gasteiger partial charge in [0.05, 0.1) is 30.3 Å². The molecular formula is C26H27N3O7. The van der Waals surface area contributed by atoms with E-state index >= 15 is 0 Å². The minimum Gasteiger partial charge on any atom is -0.485 e. The lowest BCUT2D eigenvalue weighted by Crippen LogP contribution is -2.57. The average Bonchev–Trinajstić information content (AvgIpc) is 3.21. The van der Waals surface area contributed by atoms with Crippen LogP contribution in [0.25, 0.3) is 0 Å². The Labute approximate surface area is 208 Å². The van der Waals surface area contributed by atoms with E-state index < -0.39 is 18.1 Å².